The maximum Gasteiger partial charge on any atom is 1.00 e. The van der Waals surface area contributed by atoms with E-state index < -0.39 is 29.2 Å². The number of carbonyl (C=O) groups excluding carboxylic acids is 3. The standard InChI is InChI=1S/C13H21NO6.Li/c1-12(2,3)20-11(18)14-7-5-13(4,6-8-14)19-10(17)9(15)16;/h5-8H2,1-4H3,(H,15,16);/q;+1/p-1. The molecule has 1 aliphatic rings. The second-order valence-corrected chi connectivity index (χ2v) is 6.09. The van der Waals surface area contributed by atoms with E-state index in [1.165, 1.54) is 4.90 Å². The molecular weight excluding hydrogens is 273 g/mol. The van der Waals surface area contributed by atoms with Gasteiger partial charge in [-0.15, -0.1) is 0 Å². The smallest absolute Gasteiger partial charge is 0.539 e. The first kappa shape index (κ1) is 19.8. The number of ether oxygens (including phenoxy) is 2. The molecule has 1 aliphatic heterocycles. The van der Waals surface area contributed by atoms with Crippen LogP contribution in [0.15, 0.2) is 0 Å². The molecule has 21 heavy (non-hydrogen) atoms. The summed E-state index contributed by atoms with van der Waals surface area (Å²) in [5.74, 6) is -3.24. The minimum absolute atomic E-state index is 0. The minimum Gasteiger partial charge on any atom is -0.539 e. The van der Waals surface area contributed by atoms with E-state index in [4.69, 9.17) is 9.47 Å². The van der Waals surface area contributed by atoms with Crippen molar-refractivity contribution >= 4 is 18.0 Å². The predicted octanol–water partition coefficient (Wildman–Crippen LogP) is -2.93. The summed E-state index contributed by atoms with van der Waals surface area (Å²) >= 11 is 0. The first-order chi connectivity index (χ1) is 9.02. The van der Waals surface area contributed by atoms with E-state index in [0.717, 1.165) is 0 Å². The van der Waals surface area contributed by atoms with Crippen molar-refractivity contribution in [2.75, 3.05) is 13.1 Å². The molecule has 1 saturated heterocycles. The Morgan fingerprint density at radius 3 is 2.00 bits per heavy atom. The first-order valence-corrected chi connectivity index (χ1v) is 6.45. The van der Waals surface area contributed by atoms with E-state index >= 15 is 0 Å². The van der Waals surface area contributed by atoms with Crippen LogP contribution in [0.4, 0.5) is 4.79 Å². The number of amides is 1. The molecule has 0 saturated carbocycles. The van der Waals surface area contributed by atoms with Crippen LogP contribution in [0.25, 0.3) is 0 Å². The average Bonchev–Trinajstić information content (AvgIpc) is 2.26. The van der Waals surface area contributed by atoms with Crippen LogP contribution in [0.5, 0.6) is 0 Å². The number of hydrogen-bond acceptors (Lipinski definition) is 6. The molecule has 0 aromatic carbocycles. The second kappa shape index (κ2) is 7.19. The third-order valence-corrected chi connectivity index (χ3v) is 2.98. The summed E-state index contributed by atoms with van der Waals surface area (Å²) in [6.07, 6.45) is 0.280. The molecule has 1 rings (SSSR count). The molecule has 0 radical (unpaired) electrons. The molecule has 0 bridgehead atoms. The molecular formula is C13H20LiNO6. The van der Waals surface area contributed by atoms with Crippen molar-refractivity contribution in [2.24, 2.45) is 0 Å². The zero-order valence-corrected chi connectivity index (χ0v) is 13.2. The molecule has 0 aromatic heterocycles. The van der Waals surface area contributed by atoms with Gasteiger partial charge in [-0.1, -0.05) is 0 Å². The number of rotatable bonds is 1. The van der Waals surface area contributed by atoms with Crippen LogP contribution in [0.1, 0.15) is 40.5 Å². The van der Waals surface area contributed by atoms with Crippen LogP contribution in [-0.2, 0) is 19.1 Å². The summed E-state index contributed by atoms with van der Waals surface area (Å²) in [7, 11) is 0. The van der Waals surface area contributed by atoms with Crippen molar-refractivity contribution in [1.82, 2.24) is 4.90 Å². The van der Waals surface area contributed by atoms with Gasteiger partial charge in [0.1, 0.15) is 11.2 Å². The Balaban J connectivity index is 0.00000400. The Morgan fingerprint density at radius 1 is 1.14 bits per heavy atom. The van der Waals surface area contributed by atoms with Crippen molar-refractivity contribution in [1.29, 1.82) is 0 Å². The number of carboxylic acid groups (broad SMARTS) is 1. The Morgan fingerprint density at radius 2 is 1.62 bits per heavy atom. The van der Waals surface area contributed by atoms with Crippen LogP contribution in [0, 0.1) is 0 Å². The van der Waals surface area contributed by atoms with Crippen LogP contribution >= 0.6 is 0 Å². The van der Waals surface area contributed by atoms with Crippen LogP contribution in [0.3, 0.4) is 0 Å². The van der Waals surface area contributed by atoms with E-state index in [9.17, 15) is 19.5 Å². The van der Waals surface area contributed by atoms with Gasteiger partial charge in [0.25, 0.3) is 0 Å². The molecule has 0 aromatic rings. The number of hydrogen-bond donors (Lipinski definition) is 0. The SMILES string of the molecule is CC(C)(C)OC(=O)N1CCC(C)(OC(=O)C(=O)[O-])CC1.[Li+]. The van der Waals surface area contributed by atoms with Crippen molar-refractivity contribution in [3.05, 3.63) is 0 Å². The van der Waals surface area contributed by atoms with Crippen LogP contribution in [0.2, 0.25) is 0 Å². The normalized spacial score (nSPS) is 17.4. The van der Waals surface area contributed by atoms with Gasteiger partial charge in [-0.3, -0.25) is 0 Å². The second-order valence-electron chi connectivity index (χ2n) is 6.09. The van der Waals surface area contributed by atoms with Crippen molar-refractivity contribution < 1.29 is 47.8 Å². The average molecular weight is 293 g/mol. The summed E-state index contributed by atoms with van der Waals surface area (Å²) in [6, 6.07) is 0. The third kappa shape index (κ3) is 6.40. The molecule has 0 spiro atoms. The van der Waals surface area contributed by atoms with Crippen molar-refractivity contribution in [3.63, 3.8) is 0 Å². The fraction of sp³-hybridized carbons (Fsp3) is 0.769. The Hall–Kier alpha value is -1.19. The Kier molecular flexibility index (Phi) is 6.78. The van der Waals surface area contributed by atoms with Gasteiger partial charge in [0.15, 0.2) is 5.97 Å². The molecule has 8 heteroatoms. The summed E-state index contributed by atoms with van der Waals surface area (Å²) in [6.45, 7) is 7.65. The first-order valence-electron chi connectivity index (χ1n) is 6.45. The van der Waals surface area contributed by atoms with E-state index in [1.54, 1.807) is 27.7 Å². The molecule has 0 N–H and O–H groups in total. The number of esters is 1. The quantitative estimate of drug-likeness (QED) is 0.292. The molecule has 114 valence electrons. The molecule has 0 unspecified atom stereocenters. The van der Waals surface area contributed by atoms with Gasteiger partial charge in [-0.05, 0) is 27.7 Å². The fourth-order valence-electron chi connectivity index (χ4n) is 1.86. The van der Waals surface area contributed by atoms with Gasteiger partial charge in [0.2, 0.25) is 0 Å². The van der Waals surface area contributed by atoms with Crippen molar-refractivity contribution in [3.8, 4) is 0 Å². The fourth-order valence-corrected chi connectivity index (χ4v) is 1.86. The minimum atomic E-state index is -1.86. The van der Waals surface area contributed by atoms with Crippen LogP contribution in [-0.4, -0.2) is 47.2 Å². The summed E-state index contributed by atoms with van der Waals surface area (Å²) in [5.41, 5.74) is -1.46. The number of carboxylic acids is 1. The molecule has 0 atom stereocenters. The molecule has 1 fully saturated rings. The number of aliphatic carboxylic acids is 1. The molecule has 1 heterocycles. The van der Waals surface area contributed by atoms with Gasteiger partial charge in [-0.25, -0.2) is 9.59 Å². The zero-order valence-electron chi connectivity index (χ0n) is 13.2. The van der Waals surface area contributed by atoms with E-state index in [2.05, 4.69) is 0 Å². The summed E-state index contributed by atoms with van der Waals surface area (Å²) in [5, 5.41) is 10.4. The monoisotopic (exact) mass is 293 g/mol. The van der Waals surface area contributed by atoms with Crippen LogP contribution < -0.4 is 24.0 Å². The summed E-state index contributed by atoms with van der Waals surface area (Å²) < 4.78 is 10.1. The predicted molar refractivity (Wildman–Crippen MR) is 66.5 cm³/mol. The maximum atomic E-state index is 11.8. The Labute approximate surface area is 136 Å². The van der Waals surface area contributed by atoms with E-state index in [1.807, 2.05) is 0 Å². The number of carbonyl (C=O) groups is 3. The summed E-state index contributed by atoms with van der Waals surface area (Å²) in [4.78, 5) is 34.8. The molecule has 7 nitrogen and oxygen atoms in total. The maximum absolute atomic E-state index is 11.8. The van der Waals surface area contributed by atoms with E-state index in [0.29, 0.717) is 25.9 Å². The van der Waals surface area contributed by atoms with Gasteiger partial charge in [-0.2, -0.15) is 0 Å². The number of nitrogens with zero attached hydrogens (tertiary/aromatic N) is 1. The Bertz CT molecular complexity index is 409. The molecule has 0 aliphatic carbocycles. The zero-order chi connectivity index (χ0) is 15.6. The van der Waals surface area contributed by atoms with Gasteiger partial charge >= 0.3 is 30.9 Å². The topological polar surface area (TPSA) is 96.0 Å². The molecule has 1 amide bonds. The largest absolute Gasteiger partial charge is 1.00 e. The van der Waals surface area contributed by atoms with Gasteiger partial charge in [0, 0.05) is 25.9 Å². The van der Waals surface area contributed by atoms with Gasteiger partial charge in [0.05, 0.1) is 0 Å². The number of likely N-dealkylation sites (tertiary alicyclic amines) is 1. The van der Waals surface area contributed by atoms with Crippen molar-refractivity contribution in [2.45, 2.75) is 51.7 Å². The number of piperidine rings is 1. The van der Waals surface area contributed by atoms with Gasteiger partial charge < -0.3 is 24.3 Å². The third-order valence-electron chi connectivity index (χ3n) is 2.98. The van der Waals surface area contributed by atoms with E-state index in [-0.39, 0.29) is 18.9 Å².